The molecule has 0 radical (unpaired) electrons. The first-order valence-corrected chi connectivity index (χ1v) is 5.11. The molecule has 0 aromatic rings. The molecule has 4 nitrogen and oxygen atoms in total. The molecule has 4 heteroatoms. The molecular formula is C10H18O4. The average molecular weight is 202 g/mol. The third kappa shape index (κ3) is 4.07. The monoisotopic (exact) mass is 202 g/mol. The number of ether oxygens (including phenoxy) is 2. The molecule has 82 valence electrons. The SMILES string of the molecule is COC(=O)CCCCCC1OC1CO. The van der Waals surface area contributed by atoms with E-state index in [1.54, 1.807) is 0 Å². The van der Waals surface area contributed by atoms with E-state index in [1.807, 2.05) is 0 Å². The standard InChI is InChI=1S/C10H18O4/c1-13-10(12)6-4-2-3-5-8-9(7-11)14-8/h8-9,11H,2-7H2,1H3. The van der Waals surface area contributed by atoms with Gasteiger partial charge in [0.15, 0.2) is 0 Å². The van der Waals surface area contributed by atoms with Gasteiger partial charge in [-0.25, -0.2) is 0 Å². The van der Waals surface area contributed by atoms with E-state index in [0.29, 0.717) is 6.42 Å². The summed E-state index contributed by atoms with van der Waals surface area (Å²) in [5.74, 6) is -0.138. The average Bonchev–Trinajstić information content (AvgIpc) is 2.95. The van der Waals surface area contributed by atoms with Crippen molar-refractivity contribution < 1.29 is 19.4 Å². The van der Waals surface area contributed by atoms with Gasteiger partial charge in [-0.05, 0) is 12.8 Å². The Bertz CT molecular complexity index is 181. The van der Waals surface area contributed by atoms with E-state index < -0.39 is 0 Å². The van der Waals surface area contributed by atoms with Crippen LogP contribution in [0.5, 0.6) is 0 Å². The zero-order valence-electron chi connectivity index (χ0n) is 8.57. The Labute approximate surface area is 84.2 Å². The number of unbranched alkanes of at least 4 members (excludes halogenated alkanes) is 2. The molecule has 14 heavy (non-hydrogen) atoms. The van der Waals surface area contributed by atoms with Crippen LogP contribution in [0.3, 0.4) is 0 Å². The molecule has 1 heterocycles. The van der Waals surface area contributed by atoms with Crippen LogP contribution in [0.2, 0.25) is 0 Å². The Morgan fingerprint density at radius 2 is 2.14 bits per heavy atom. The van der Waals surface area contributed by atoms with Crippen LogP contribution < -0.4 is 0 Å². The summed E-state index contributed by atoms with van der Waals surface area (Å²) in [6, 6.07) is 0. The summed E-state index contributed by atoms with van der Waals surface area (Å²) < 4.78 is 9.70. The van der Waals surface area contributed by atoms with Crippen molar-refractivity contribution in [3.05, 3.63) is 0 Å². The second-order valence-electron chi connectivity index (χ2n) is 3.57. The minimum atomic E-state index is -0.138. The van der Waals surface area contributed by atoms with Gasteiger partial charge in [0.2, 0.25) is 0 Å². The predicted molar refractivity (Wildman–Crippen MR) is 50.8 cm³/mol. The highest BCUT2D eigenvalue weighted by Crippen LogP contribution is 2.26. The van der Waals surface area contributed by atoms with Crippen LogP contribution in [-0.4, -0.2) is 37.0 Å². The highest BCUT2D eigenvalue weighted by molar-refractivity contribution is 5.68. The molecule has 0 spiro atoms. The molecule has 1 aliphatic heterocycles. The van der Waals surface area contributed by atoms with E-state index in [2.05, 4.69) is 4.74 Å². The first kappa shape index (κ1) is 11.5. The lowest BCUT2D eigenvalue weighted by molar-refractivity contribution is -0.140. The summed E-state index contributed by atoms with van der Waals surface area (Å²) in [7, 11) is 1.41. The van der Waals surface area contributed by atoms with Crippen LogP contribution >= 0.6 is 0 Å². The predicted octanol–water partition coefficient (Wildman–Crippen LogP) is 0.870. The minimum absolute atomic E-state index is 0.0793. The van der Waals surface area contributed by atoms with Crippen molar-refractivity contribution in [2.24, 2.45) is 0 Å². The van der Waals surface area contributed by atoms with E-state index in [-0.39, 0.29) is 24.8 Å². The smallest absolute Gasteiger partial charge is 0.305 e. The van der Waals surface area contributed by atoms with E-state index in [4.69, 9.17) is 9.84 Å². The fourth-order valence-electron chi connectivity index (χ4n) is 1.49. The van der Waals surface area contributed by atoms with Gasteiger partial charge in [0, 0.05) is 6.42 Å². The Morgan fingerprint density at radius 1 is 1.36 bits per heavy atom. The van der Waals surface area contributed by atoms with Gasteiger partial charge in [-0.15, -0.1) is 0 Å². The maximum absolute atomic E-state index is 10.7. The summed E-state index contributed by atoms with van der Waals surface area (Å²) >= 11 is 0. The molecule has 0 aromatic carbocycles. The van der Waals surface area contributed by atoms with E-state index >= 15 is 0 Å². The fourth-order valence-corrected chi connectivity index (χ4v) is 1.49. The van der Waals surface area contributed by atoms with Crippen LogP contribution in [0.25, 0.3) is 0 Å². The molecular weight excluding hydrogens is 184 g/mol. The normalized spacial score (nSPS) is 24.7. The molecule has 0 bridgehead atoms. The van der Waals surface area contributed by atoms with Gasteiger partial charge >= 0.3 is 5.97 Å². The van der Waals surface area contributed by atoms with Crippen LogP contribution in [-0.2, 0) is 14.3 Å². The lowest BCUT2D eigenvalue weighted by atomic mass is 10.1. The quantitative estimate of drug-likeness (QED) is 0.378. The molecule has 1 rings (SSSR count). The number of methoxy groups -OCH3 is 1. The van der Waals surface area contributed by atoms with Crippen molar-refractivity contribution in [1.82, 2.24) is 0 Å². The number of carbonyl (C=O) groups excluding carboxylic acids is 1. The molecule has 1 fully saturated rings. The fraction of sp³-hybridized carbons (Fsp3) is 0.900. The van der Waals surface area contributed by atoms with Crippen molar-refractivity contribution in [3.63, 3.8) is 0 Å². The second kappa shape index (κ2) is 5.98. The van der Waals surface area contributed by atoms with Crippen LogP contribution in [0.4, 0.5) is 0 Å². The third-order valence-corrected chi connectivity index (χ3v) is 2.46. The molecule has 2 unspecified atom stereocenters. The van der Waals surface area contributed by atoms with E-state index in [9.17, 15) is 4.79 Å². The number of hydrogen-bond acceptors (Lipinski definition) is 4. The Hall–Kier alpha value is -0.610. The zero-order valence-corrected chi connectivity index (χ0v) is 8.57. The summed E-state index contributed by atoms with van der Waals surface area (Å²) in [4.78, 5) is 10.7. The van der Waals surface area contributed by atoms with Crippen molar-refractivity contribution >= 4 is 5.97 Å². The number of aliphatic hydroxyl groups excluding tert-OH is 1. The molecule has 0 amide bonds. The molecule has 2 atom stereocenters. The van der Waals surface area contributed by atoms with Gasteiger partial charge in [0.1, 0.15) is 6.10 Å². The number of carbonyl (C=O) groups is 1. The van der Waals surface area contributed by atoms with Crippen molar-refractivity contribution in [3.8, 4) is 0 Å². The summed E-state index contributed by atoms with van der Waals surface area (Å²) in [6.45, 7) is 0.132. The van der Waals surface area contributed by atoms with Gasteiger partial charge < -0.3 is 14.6 Å². The highest BCUT2D eigenvalue weighted by atomic mass is 16.6. The lowest BCUT2D eigenvalue weighted by Crippen LogP contribution is -2.00. The zero-order chi connectivity index (χ0) is 10.4. The highest BCUT2D eigenvalue weighted by Gasteiger charge is 2.36. The summed E-state index contributed by atoms with van der Waals surface area (Å²) in [5.41, 5.74) is 0. The first-order valence-electron chi connectivity index (χ1n) is 5.11. The molecule has 0 aromatic heterocycles. The number of esters is 1. The van der Waals surface area contributed by atoms with Crippen molar-refractivity contribution in [1.29, 1.82) is 0 Å². The largest absolute Gasteiger partial charge is 0.469 e. The number of epoxide rings is 1. The van der Waals surface area contributed by atoms with Crippen LogP contribution in [0.1, 0.15) is 32.1 Å². The number of rotatable bonds is 7. The summed E-state index contributed by atoms with van der Waals surface area (Å²) in [6.07, 6.45) is 4.79. The Kier molecular flexibility index (Phi) is 4.90. The topological polar surface area (TPSA) is 59.1 Å². The second-order valence-corrected chi connectivity index (χ2v) is 3.57. The molecule has 1 saturated heterocycles. The molecule has 0 aliphatic carbocycles. The Morgan fingerprint density at radius 3 is 2.71 bits per heavy atom. The molecule has 0 saturated carbocycles. The van der Waals surface area contributed by atoms with Gasteiger partial charge in [0.05, 0.1) is 19.8 Å². The van der Waals surface area contributed by atoms with E-state index in [0.717, 1.165) is 25.7 Å². The lowest BCUT2D eigenvalue weighted by Gasteiger charge is -1.98. The Balaban J connectivity index is 1.83. The van der Waals surface area contributed by atoms with E-state index in [1.165, 1.54) is 7.11 Å². The first-order chi connectivity index (χ1) is 6.77. The minimum Gasteiger partial charge on any atom is -0.469 e. The third-order valence-electron chi connectivity index (χ3n) is 2.46. The van der Waals surface area contributed by atoms with Gasteiger partial charge in [-0.1, -0.05) is 12.8 Å². The van der Waals surface area contributed by atoms with Gasteiger partial charge in [-0.2, -0.15) is 0 Å². The molecule has 1 aliphatic rings. The summed E-state index contributed by atoms with van der Waals surface area (Å²) in [5, 5.41) is 8.70. The van der Waals surface area contributed by atoms with Crippen LogP contribution in [0, 0.1) is 0 Å². The number of hydrogen-bond donors (Lipinski definition) is 1. The van der Waals surface area contributed by atoms with Crippen molar-refractivity contribution in [2.45, 2.75) is 44.3 Å². The number of aliphatic hydroxyl groups is 1. The molecule has 1 N–H and O–H groups in total. The van der Waals surface area contributed by atoms with Gasteiger partial charge in [-0.3, -0.25) is 4.79 Å². The van der Waals surface area contributed by atoms with Crippen molar-refractivity contribution in [2.75, 3.05) is 13.7 Å². The van der Waals surface area contributed by atoms with Gasteiger partial charge in [0.25, 0.3) is 0 Å². The maximum Gasteiger partial charge on any atom is 0.305 e. The maximum atomic E-state index is 10.7. The van der Waals surface area contributed by atoms with Crippen LogP contribution in [0.15, 0.2) is 0 Å².